The summed E-state index contributed by atoms with van der Waals surface area (Å²) in [5.41, 5.74) is 1.63. The number of rotatable bonds is 3. The van der Waals surface area contributed by atoms with E-state index in [9.17, 15) is 4.79 Å². The molecule has 4 nitrogen and oxygen atoms in total. The first kappa shape index (κ1) is 14.3. The zero-order valence-corrected chi connectivity index (χ0v) is 13.4. The van der Waals surface area contributed by atoms with Crippen molar-refractivity contribution in [2.75, 3.05) is 18.4 Å². The highest BCUT2D eigenvalue weighted by Gasteiger charge is 2.23. The standard InChI is InChI=1S/C16H18BrN3O/c17-10-13-6-8-19(9-7-13)16(21)14-11-18-20(12-14)15-4-2-1-3-5-15/h1-5,11-13H,6-10H2. The first-order valence-electron chi connectivity index (χ1n) is 7.23. The lowest BCUT2D eigenvalue weighted by Crippen LogP contribution is -2.38. The maximum atomic E-state index is 12.5. The third-order valence-corrected chi connectivity index (χ3v) is 4.89. The number of piperidine rings is 1. The molecule has 2 aromatic rings. The SMILES string of the molecule is O=C(c1cnn(-c2ccccc2)c1)N1CCC(CBr)CC1. The lowest BCUT2D eigenvalue weighted by molar-refractivity contribution is 0.0699. The molecule has 1 aliphatic rings. The number of benzene rings is 1. The molecular weight excluding hydrogens is 330 g/mol. The van der Waals surface area contributed by atoms with Crippen molar-refractivity contribution in [3.05, 3.63) is 48.3 Å². The topological polar surface area (TPSA) is 38.1 Å². The molecule has 0 unspecified atom stereocenters. The largest absolute Gasteiger partial charge is 0.339 e. The number of hydrogen-bond donors (Lipinski definition) is 0. The lowest BCUT2D eigenvalue weighted by atomic mass is 9.99. The Labute approximate surface area is 132 Å². The Balaban J connectivity index is 1.70. The fourth-order valence-corrected chi connectivity index (χ4v) is 3.28. The number of likely N-dealkylation sites (tertiary alicyclic amines) is 1. The fraction of sp³-hybridized carbons (Fsp3) is 0.375. The summed E-state index contributed by atoms with van der Waals surface area (Å²) >= 11 is 3.53. The van der Waals surface area contributed by atoms with Gasteiger partial charge in [-0.1, -0.05) is 34.1 Å². The van der Waals surface area contributed by atoms with Crippen molar-refractivity contribution >= 4 is 21.8 Å². The zero-order valence-electron chi connectivity index (χ0n) is 11.8. The Kier molecular flexibility index (Phi) is 4.39. The molecule has 0 saturated carbocycles. The Morgan fingerprint density at radius 3 is 2.62 bits per heavy atom. The molecule has 1 aliphatic heterocycles. The molecule has 5 heteroatoms. The molecule has 21 heavy (non-hydrogen) atoms. The van der Waals surface area contributed by atoms with Gasteiger partial charge in [-0.3, -0.25) is 4.79 Å². The second kappa shape index (κ2) is 6.43. The van der Waals surface area contributed by atoms with E-state index >= 15 is 0 Å². The van der Waals surface area contributed by atoms with Crippen molar-refractivity contribution in [1.82, 2.24) is 14.7 Å². The average molecular weight is 348 g/mol. The molecule has 0 spiro atoms. The summed E-state index contributed by atoms with van der Waals surface area (Å²) in [4.78, 5) is 14.4. The van der Waals surface area contributed by atoms with Crippen LogP contribution in [0.1, 0.15) is 23.2 Å². The number of halogens is 1. The Morgan fingerprint density at radius 2 is 1.95 bits per heavy atom. The summed E-state index contributed by atoms with van der Waals surface area (Å²) in [5.74, 6) is 0.784. The van der Waals surface area contributed by atoms with Crippen molar-refractivity contribution in [1.29, 1.82) is 0 Å². The normalized spacial score (nSPS) is 16.1. The molecule has 2 heterocycles. The molecule has 1 aromatic carbocycles. The van der Waals surface area contributed by atoms with Gasteiger partial charge >= 0.3 is 0 Å². The van der Waals surface area contributed by atoms with Crippen LogP contribution in [0.15, 0.2) is 42.7 Å². The van der Waals surface area contributed by atoms with E-state index in [-0.39, 0.29) is 5.91 Å². The maximum absolute atomic E-state index is 12.5. The minimum Gasteiger partial charge on any atom is -0.339 e. The maximum Gasteiger partial charge on any atom is 0.257 e. The molecular formula is C16H18BrN3O. The Hall–Kier alpha value is -1.62. The van der Waals surface area contributed by atoms with E-state index in [4.69, 9.17) is 0 Å². The number of aromatic nitrogens is 2. The van der Waals surface area contributed by atoms with Crippen LogP contribution in [0.4, 0.5) is 0 Å². The van der Waals surface area contributed by atoms with Gasteiger partial charge in [0, 0.05) is 24.6 Å². The van der Waals surface area contributed by atoms with Crippen LogP contribution in [0.3, 0.4) is 0 Å². The predicted octanol–water partition coefficient (Wildman–Crippen LogP) is 3.12. The van der Waals surface area contributed by atoms with E-state index in [1.807, 2.05) is 41.4 Å². The molecule has 0 N–H and O–H groups in total. The number of carbonyl (C=O) groups is 1. The van der Waals surface area contributed by atoms with E-state index in [0.717, 1.165) is 36.9 Å². The Morgan fingerprint density at radius 1 is 1.24 bits per heavy atom. The number of para-hydroxylation sites is 1. The third-order valence-electron chi connectivity index (χ3n) is 3.97. The lowest BCUT2D eigenvalue weighted by Gasteiger charge is -2.30. The van der Waals surface area contributed by atoms with E-state index in [1.165, 1.54) is 0 Å². The summed E-state index contributed by atoms with van der Waals surface area (Å²) in [5, 5.41) is 5.32. The average Bonchev–Trinajstić information content (AvgIpc) is 3.05. The molecule has 1 amide bonds. The molecule has 0 atom stereocenters. The van der Waals surface area contributed by atoms with Crippen LogP contribution in [-0.2, 0) is 0 Å². The number of hydrogen-bond acceptors (Lipinski definition) is 2. The summed E-state index contributed by atoms with van der Waals surface area (Å²) in [6, 6.07) is 9.84. The molecule has 110 valence electrons. The van der Waals surface area contributed by atoms with E-state index < -0.39 is 0 Å². The molecule has 3 rings (SSSR count). The monoisotopic (exact) mass is 347 g/mol. The smallest absolute Gasteiger partial charge is 0.257 e. The third kappa shape index (κ3) is 3.18. The highest BCUT2D eigenvalue weighted by atomic mass is 79.9. The summed E-state index contributed by atoms with van der Waals surface area (Å²) in [7, 11) is 0. The van der Waals surface area contributed by atoms with Crippen LogP contribution in [0, 0.1) is 5.92 Å². The van der Waals surface area contributed by atoms with Crippen molar-refractivity contribution in [3.63, 3.8) is 0 Å². The number of amides is 1. The molecule has 1 saturated heterocycles. The molecule has 0 aliphatic carbocycles. The van der Waals surface area contributed by atoms with Gasteiger partial charge in [0.05, 0.1) is 17.4 Å². The van der Waals surface area contributed by atoms with E-state index in [1.54, 1.807) is 10.9 Å². The van der Waals surface area contributed by atoms with Crippen LogP contribution in [0.2, 0.25) is 0 Å². The van der Waals surface area contributed by atoms with Crippen molar-refractivity contribution in [2.45, 2.75) is 12.8 Å². The van der Waals surface area contributed by atoms with Crippen molar-refractivity contribution in [2.24, 2.45) is 5.92 Å². The molecule has 0 bridgehead atoms. The van der Waals surface area contributed by atoms with Gasteiger partial charge in [-0.25, -0.2) is 4.68 Å². The van der Waals surface area contributed by atoms with Gasteiger partial charge in [-0.05, 0) is 30.9 Å². The zero-order chi connectivity index (χ0) is 14.7. The first-order chi connectivity index (χ1) is 10.3. The van der Waals surface area contributed by atoms with Gasteiger partial charge in [-0.2, -0.15) is 5.10 Å². The summed E-state index contributed by atoms with van der Waals surface area (Å²) in [6.07, 6.45) is 5.62. The van der Waals surface area contributed by atoms with Crippen LogP contribution in [0.5, 0.6) is 0 Å². The van der Waals surface area contributed by atoms with E-state index in [2.05, 4.69) is 21.0 Å². The van der Waals surface area contributed by atoms with Crippen LogP contribution in [-0.4, -0.2) is 39.0 Å². The molecule has 0 radical (unpaired) electrons. The minimum atomic E-state index is 0.0882. The van der Waals surface area contributed by atoms with Gasteiger partial charge in [0.25, 0.3) is 5.91 Å². The first-order valence-corrected chi connectivity index (χ1v) is 8.35. The number of carbonyl (C=O) groups excluding carboxylic acids is 1. The summed E-state index contributed by atoms with van der Waals surface area (Å²) < 4.78 is 1.75. The van der Waals surface area contributed by atoms with Crippen LogP contribution >= 0.6 is 15.9 Å². The highest BCUT2D eigenvalue weighted by molar-refractivity contribution is 9.09. The second-order valence-corrected chi connectivity index (χ2v) is 6.05. The van der Waals surface area contributed by atoms with Crippen molar-refractivity contribution in [3.8, 4) is 5.69 Å². The highest BCUT2D eigenvalue weighted by Crippen LogP contribution is 2.20. The Bertz CT molecular complexity index is 603. The summed E-state index contributed by atoms with van der Waals surface area (Å²) in [6.45, 7) is 1.68. The number of alkyl halides is 1. The van der Waals surface area contributed by atoms with Gasteiger partial charge in [-0.15, -0.1) is 0 Å². The second-order valence-electron chi connectivity index (χ2n) is 5.40. The van der Waals surface area contributed by atoms with Crippen molar-refractivity contribution < 1.29 is 4.79 Å². The quantitative estimate of drug-likeness (QED) is 0.800. The fourth-order valence-electron chi connectivity index (χ4n) is 2.63. The number of nitrogens with zero attached hydrogens (tertiary/aromatic N) is 3. The van der Waals surface area contributed by atoms with Gasteiger partial charge in [0.2, 0.25) is 0 Å². The predicted molar refractivity (Wildman–Crippen MR) is 86.0 cm³/mol. The van der Waals surface area contributed by atoms with Gasteiger partial charge in [0.15, 0.2) is 0 Å². The minimum absolute atomic E-state index is 0.0882. The van der Waals surface area contributed by atoms with E-state index in [0.29, 0.717) is 11.5 Å². The van der Waals surface area contributed by atoms with Gasteiger partial charge < -0.3 is 4.90 Å². The molecule has 1 fully saturated rings. The molecule has 1 aromatic heterocycles. The van der Waals surface area contributed by atoms with Gasteiger partial charge in [0.1, 0.15) is 0 Å². The van der Waals surface area contributed by atoms with Crippen LogP contribution < -0.4 is 0 Å². The van der Waals surface area contributed by atoms with Crippen LogP contribution in [0.25, 0.3) is 5.69 Å².